The van der Waals surface area contributed by atoms with Crippen molar-refractivity contribution in [2.45, 2.75) is 25.7 Å². The van der Waals surface area contributed by atoms with E-state index in [0.717, 1.165) is 25.1 Å². The molecule has 0 bridgehead atoms. The first-order valence-electron chi connectivity index (χ1n) is 8.66. The van der Waals surface area contributed by atoms with Crippen molar-refractivity contribution in [2.24, 2.45) is 4.99 Å². The van der Waals surface area contributed by atoms with Crippen molar-refractivity contribution in [3.63, 3.8) is 0 Å². The number of esters is 1. The number of aliphatic imine (C=N–C) groups is 1. The van der Waals surface area contributed by atoms with Crippen LogP contribution >= 0.6 is 0 Å². The summed E-state index contributed by atoms with van der Waals surface area (Å²) < 4.78 is 10.5. The topological polar surface area (TPSA) is 63.2 Å². The minimum atomic E-state index is -0.418. The number of benzene rings is 1. The quantitative estimate of drug-likeness (QED) is 0.401. The molecular formula is C19H27N3O3. The van der Waals surface area contributed by atoms with Gasteiger partial charge in [0.2, 0.25) is 5.90 Å². The van der Waals surface area contributed by atoms with Crippen LogP contribution in [0.4, 0.5) is 0 Å². The third-order valence-electron chi connectivity index (χ3n) is 3.97. The molecular weight excluding hydrogens is 318 g/mol. The zero-order valence-electron chi connectivity index (χ0n) is 15.2. The summed E-state index contributed by atoms with van der Waals surface area (Å²) in [5.74, 6) is 0.596. The lowest BCUT2D eigenvalue weighted by Crippen LogP contribution is -2.14. The molecule has 1 heterocycles. The van der Waals surface area contributed by atoms with Gasteiger partial charge >= 0.3 is 5.97 Å². The SMILES string of the molecule is CNCCCCCCN(C)C=C1N=C(c2cccc(OC)c2)OC1=O. The second kappa shape index (κ2) is 9.84. The molecule has 0 amide bonds. The van der Waals surface area contributed by atoms with Crippen molar-refractivity contribution >= 4 is 11.9 Å². The van der Waals surface area contributed by atoms with Crippen LogP contribution in [0.2, 0.25) is 0 Å². The summed E-state index contributed by atoms with van der Waals surface area (Å²) in [5.41, 5.74) is 1.05. The van der Waals surface area contributed by atoms with Gasteiger partial charge in [0.05, 0.1) is 7.11 Å². The van der Waals surface area contributed by atoms with Crippen LogP contribution in [0.5, 0.6) is 5.75 Å². The molecule has 1 aliphatic rings. The average molecular weight is 345 g/mol. The number of rotatable bonds is 10. The lowest BCUT2D eigenvalue weighted by atomic mass is 10.2. The molecule has 0 saturated carbocycles. The number of nitrogens with one attached hydrogen (secondary N) is 1. The van der Waals surface area contributed by atoms with Crippen LogP contribution in [-0.4, -0.2) is 51.1 Å². The Bertz CT molecular complexity index is 641. The number of methoxy groups -OCH3 is 1. The van der Waals surface area contributed by atoms with E-state index in [0.29, 0.717) is 17.3 Å². The maximum absolute atomic E-state index is 12.0. The van der Waals surface area contributed by atoms with E-state index in [1.165, 1.54) is 19.3 Å². The second-order valence-electron chi connectivity index (χ2n) is 6.05. The van der Waals surface area contributed by atoms with E-state index < -0.39 is 5.97 Å². The molecule has 0 spiro atoms. The maximum atomic E-state index is 12.0. The largest absolute Gasteiger partial charge is 0.497 e. The molecule has 25 heavy (non-hydrogen) atoms. The van der Waals surface area contributed by atoms with Gasteiger partial charge in [0, 0.05) is 25.4 Å². The molecule has 0 fully saturated rings. The van der Waals surface area contributed by atoms with Gasteiger partial charge in [-0.3, -0.25) is 0 Å². The van der Waals surface area contributed by atoms with Crippen molar-refractivity contribution in [3.05, 3.63) is 41.7 Å². The van der Waals surface area contributed by atoms with Crippen LogP contribution in [-0.2, 0) is 9.53 Å². The zero-order valence-corrected chi connectivity index (χ0v) is 15.2. The summed E-state index contributed by atoms with van der Waals surface area (Å²) in [5, 5.41) is 3.15. The molecule has 0 saturated heterocycles. The van der Waals surface area contributed by atoms with Gasteiger partial charge in [-0.15, -0.1) is 0 Å². The molecule has 6 nitrogen and oxygen atoms in total. The summed E-state index contributed by atoms with van der Waals surface area (Å²) in [6, 6.07) is 7.31. The number of carbonyl (C=O) groups is 1. The van der Waals surface area contributed by atoms with Gasteiger partial charge in [-0.2, -0.15) is 0 Å². The van der Waals surface area contributed by atoms with Crippen molar-refractivity contribution in [1.82, 2.24) is 10.2 Å². The van der Waals surface area contributed by atoms with Crippen molar-refractivity contribution in [1.29, 1.82) is 0 Å². The second-order valence-corrected chi connectivity index (χ2v) is 6.05. The van der Waals surface area contributed by atoms with E-state index in [-0.39, 0.29) is 0 Å². The van der Waals surface area contributed by atoms with Gasteiger partial charge in [0.25, 0.3) is 0 Å². The highest BCUT2D eigenvalue weighted by molar-refractivity contribution is 6.11. The number of cyclic esters (lactones) is 1. The molecule has 0 radical (unpaired) electrons. The molecule has 1 aliphatic heterocycles. The van der Waals surface area contributed by atoms with E-state index in [1.807, 2.05) is 37.2 Å². The summed E-state index contributed by atoms with van der Waals surface area (Å²) in [7, 11) is 5.52. The van der Waals surface area contributed by atoms with Crippen molar-refractivity contribution < 1.29 is 14.3 Å². The van der Waals surface area contributed by atoms with Crippen LogP contribution in [0.3, 0.4) is 0 Å². The summed E-state index contributed by atoms with van der Waals surface area (Å²) in [6.45, 7) is 1.95. The highest BCUT2D eigenvalue weighted by atomic mass is 16.6. The Balaban J connectivity index is 1.90. The van der Waals surface area contributed by atoms with E-state index in [1.54, 1.807) is 19.4 Å². The van der Waals surface area contributed by atoms with Gasteiger partial charge in [-0.05, 0) is 44.6 Å². The Labute approximate surface area is 149 Å². The molecule has 6 heteroatoms. The molecule has 1 aromatic carbocycles. The molecule has 0 unspecified atom stereocenters. The number of unbranched alkanes of at least 4 members (excludes halogenated alkanes) is 3. The van der Waals surface area contributed by atoms with E-state index in [4.69, 9.17) is 9.47 Å². The monoisotopic (exact) mass is 345 g/mol. The van der Waals surface area contributed by atoms with E-state index in [2.05, 4.69) is 10.3 Å². The number of carbonyl (C=O) groups excluding carboxylic acids is 1. The Morgan fingerprint density at radius 3 is 2.84 bits per heavy atom. The van der Waals surface area contributed by atoms with Crippen molar-refractivity contribution in [3.8, 4) is 5.75 Å². The lowest BCUT2D eigenvalue weighted by Gasteiger charge is -2.13. The number of hydrogen-bond donors (Lipinski definition) is 1. The Kier molecular flexibility index (Phi) is 7.47. The zero-order chi connectivity index (χ0) is 18.1. The van der Waals surface area contributed by atoms with Crippen LogP contribution < -0.4 is 10.1 Å². The number of ether oxygens (including phenoxy) is 2. The minimum absolute atomic E-state index is 0.315. The van der Waals surface area contributed by atoms with Crippen LogP contribution in [0.25, 0.3) is 0 Å². The van der Waals surface area contributed by atoms with E-state index >= 15 is 0 Å². The third kappa shape index (κ3) is 5.90. The Morgan fingerprint density at radius 2 is 2.08 bits per heavy atom. The highest BCUT2D eigenvalue weighted by Crippen LogP contribution is 2.20. The standard InChI is InChI=1S/C19H27N3O3/c1-20-11-6-4-5-7-12-22(2)14-17-19(23)25-18(21-17)15-9-8-10-16(13-15)24-3/h8-10,13-14,20H,4-7,11-12H2,1-3H3. The fraction of sp³-hybridized carbons (Fsp3) is 0.474. The predicted octanol–water partition coefficient (Wildman–Crippen LogP) is 2.55. The predicted molar refractivity (Wildman–Crippen MR) is 98.7 cm³/mol. The summed E-state index contributed by atoms with van der Waals surface area (Å²) in [6.07, 6.45) is 6.43. The van der Waals surface area contributed by atoms with Gasteiger partial charge in [0.15, 0.2) is 5.70 Å². The lowest BCUT2D eigenvalue weighted by molar-refractivity contribution is -0.130. The first-order chi connectivity index (χ1) is 12.1. The first kappa shape index (κ1) is 19.0. The minimum Gasteiger partial charge on any atom is -0.497 e. The van der Waals surface area contributed by atoms with Gasteiger partial charge in [0.1, 0.15) is 5.75 Å². The summed E-state index contributed by atoms with van der Waals surface area (Å²) in [4.78, 5) is 18.3. The van der Waals surface area contributed by atoms with Crippen LogP contribution in [0, 0.1) is 0 Å². The smallest absolute Gasteiger partial charge is 0.365 e. The fourth-order valence-corrected chi connectivity index (χ4v) is 2.57. The number of nitrogens with zero attached hydrogens (tertiary/aromatic N) is 2. The fourth-order valence-electron chi connectivity index (χ4n) is 2.57. The molecule has 1 N–H and O–H groups in total. The third-order valence-corrected chi connectivity index (χ3v) is 3.97. The Hall–Kier alpha value is -2.34. The first-order valence-corrected chi connectivity index (χ1v) is 8.66. The molecule has 136 valence electrons. The van der Waals surface area contributed by atoms with Crippen molar-refractivity contribution in [2.75, 3.05) is 34.3 Å². The van der Waals surface area contributed by atoms with E-state index in [9.17, 15) is 4.79 Å². The molecule has 0 aliphatic carbocycles. The molecule has 0 atom stereocenters. The maximum Gasteiger partial charge on any atom is 0.365 e. The summed E-state index contributed by atoms with van der Waals surface area (Å²) >= 11 is 0. The molecule has 2 rings (SSSR count). The Morgan fingerprint density at radius 1 is 1.28 bits per heavy atom. The molecule has 0 aromatic heterocycles. The van der Waals surface area contributed by atoms with Crippen LogP contribution in [0.1, 0.15) is 31.2 Å². The van der Waals surface area contributed by atoms with Gasteiger partial charge < -0.3 is 19.7 Å². The number of hydrogen-bond acceptors (Lipinski definition) is 6. The highest BCUT2D eigenvalue weighted by Gasteiger charge is 2.24. The van der Waals surface area contributed by atoms with Crippen LogP contribution in [0.15, 0.2) is 41.2 Å². The van der Waals surface area contributed by atoms with Gasteiger partial charge in [-0.25, -0.2) is 9.79 Å². The normalized spacial score (nSPS) is 15.2. The van der Waals surface area contributed by atoms with Gasteiger partial charge in [-0.1, -0.05) is 18.9 Å². The molecule has 1 aromatic rings. The average Bonchev–Trinajstić information content (AvgIpc) is 2.98.